The van der Waals surface area contributed by atoms with E-state index in [4.69, 9.17) is 21.1 Å². The molecule has 124 valence electrons. The summed E-state index contributed by atoms with van der Waals surface area (Å²) in [6, 6.07) is 7.03. The first-order valence-corrected chi connectivity index (χ1v) is 8.10. The van der Waals surface area contributed by atoms with Gasteiger partial charge in [0.15, 0.2) is 0 Å². The number of benzene rings is 1. The molecule has 23 heavy (non-hydrogen) atoms. The SMILES string of the molecule is CC1(C)CC2(CCO1)OC(=O)CC2C(=O)Nc1ccccc1Cl. The molecule has 2 unspecified atom stereocenters. The molecule has 3 rings (SSSR count). The van der Waals surface area contributed by atoms with Gasteiger partial charge in [0.05, 0.1) is 35.3 Å². The standard InChI is InChI=1S/C17H20ClNO4/c1-16(2)10-17(7-8-22-16)11(9-14(20)23-17)15(21)19-13-6-4-3-5-12(13)18/h3-6,11H,7-10H2,1-2H3,(H,19,21). The van der Waals surface area contributed by atoms with Crippen LogP contribution in [0.1, 0.15) is 33.1 Å². The second kappa shape index (κ2) is 5.80. The Morgan fingerprint density at radius 2 is 2.09 bits per heavy atom. The van der Waals surface area contributed by atoms with Crippen LogP contribution in [0.4, 0.5) is 5.69 Å². The molecule has 0 aromatic heterocycles. The zero-order valence-electron chi connectivity index (χ0n) is 13.2. The summed E-state index contributed by atoms with van der Waals surface area (Å²) in [7, 11) is 0. The summed E-state index contributed by atoms with van der Waals surface area (Å²) in [4.78, 5) is 24.6. The minimum atomic E-state index is -0.788. The van der Waals surface area contributed by atoms with Crippen LogP contribution < -0.4 is 5.32 Å². The van der Waals surface area contributed by atoms with Gasteiger partial charge in [0.1, 0.15) is 5.60 Å². The summed E-state index contributed by atoms with van der Waals surface area (Å²) in [6.45, 7) is 4.36. The van der Waals surface area contributed by atoms with Gasteiger partial charge in [-0.05, 0) is 26.0 Å². The lowest BCUT2D eigenvalue weighted by molar-refractivity contribution is -0.178. The van der Waals surface area contributed by atoms with Gasteiger partial charge in [-0.15, -0.1) is 0 Å². The largest absolute Gasteiger partial charge is 0.458 e. The van der Waals surface area contributed by atoms with Crippen molar-refractivity contribution in [3.63, 3.8) is 0 Å². The highest BCUT2D eigenvalue weighted by atomic mass is 35.5. The van der Waals surface area contributed by atoms with Gasteiger partial charge < -0.3 is 14.8 Å². The van der Waals surface area contributed by atoms with Crippen LogP contribution in [0.15, 0.2) is 24.3 Å². The number of carbonyl (C=O) groups is 2. The molecule has 2 saturated heterocycles. The van der Waals surface area contributed by atoms with Gasteiger partial charge in [0, 0.05) is 12.8 Å². The minimum absolute atomic E-state index is 0.0896. The van der Waals surface area contributed by atoms with Gasteiger partial charge in [0.25, 0.3) is 0 Å². The highest BCUT2D eigenvalue weighted by Crippen LogP contribution is 2.46. The molecule has 1 spiro atoms. The van der Waals surface area contributed by atoms with Crippen LogP contribution in [0.2, 0.25) is 5.02 Å². The average Bonchev–Trinajstić information content (AvgIpc) is 2.76. The van der Waals surface area contributed by atoms with E-state index in [-0.39, 0.29) is 18.3 Å². The van der Waals surface area contributed by atoms with Crippen molar-refractivity contribution in [2.24, 2.45) is 5.92 Å². The predicted molar refractivity (Wildman–Crippen MR) is 86.3 cm³/mol. The maximum atomic E-state index is 12.8. The zero-order valence-corrected chi connectivity index (χ0v) is 14.0. The van der Waals surface area contributed by atoms with Gasteiger partial charge in [-0.1, -0.05) is 23.7 Å². The second-order valence-corrected chi connectivity index (χ2v) is 7.21. The average molecular weight is 338 g/mol. The molecule has 5 nitrogen and oxygen atoms in total. The van der Waals surface area contributed by atoms with Gasteiger partial charge in [-0.2, -0.15) is 0 Å². The number of hydrogen-bond donors (Lipinski definition) is 1. The number of nitrogens with one attached hydrogen (secondary N) is 1. The lowest BCUT2D eigenvalue weighted by Gasteiger charge is -2.43. The highest BCUT2D eigenvalue weighted by molar-refractivity contribution is 6.33. The number of para-hydroxylation sites is 1. The normalized spacial score (nSPS) is 29.3. The number of amides is 1. The molecule has 0 bridgehead atoms. The second-order valence-electron chi connectivity index (χ2n) is 6.80. The molecule has 2 aliphatic heterocycles. The van der Waals surface area contributed by atoms with Crippen molar-refractivity contribution >= 4 is 29.2 Å². The maximum absolute atomic E-state index is 12.8. The molecule has 0 radical (unpaired) electrons. The van der Waals surface area contributed by atoms with E-state index in [0.29, 0.717) is 30.2 Å². The number of anilines is 1. The molecule has 1 aromatic carbocycles. The van der Waals surface area contributed by atoms with Crippen LogP contribution in [0.25, 0.3) is 0 Å². The molecule has 1 amide bonds. The van der Waals surface area contributed by atoms with Crippen molar-refractivity contribution in [1.29, 1.82) is 0 Å². The Morgan fingerprint density at radius 1 is 1.35 bits per heavy atom. The first kappa shape index (κ1) is 16.3. The number of esters is 1. The van der Waals surface area contributed by atoms with Crippen LogP contribution in [0, 0.1) is 5.92 Å². The minimum Gasteiger partial charge on any atom is -0.458 e. The van der Waals surface area contributed by atoms with Crippen molar-refractivity contribution in [2.75, 3.05) is 11.9 Å². The highest BCUT2D eigenvalue weighted by Gasteiger charge is 2.56. The monoisotopic (exact) mass is 337 g/mol. The Morgan fingerprint density at radius 3 is 2.78 bits per heavy atom. The molecule has 1 aromatic rings. The van der Waals surface area contributed by atoms with Gasteiger partial charge in [-0.25, -0.2) is 0 Å². The summed E-state index contributed by atoms with van der Waals surface area (Å²) >= 11 is 6.09. The molecule has 6 heteroatoms. The zero-order chi connectivity index (χ0) is 16.7. The molecule has 2 heterocycles. The van der Waals surface area contributed by atoms with E-state index >= 15 is 0 Å². The third kappa shape index (κ3) is 3.21. The lowest BCUT2D eigenvalue weighted by Crippen LogP contribution is -2.52. The van der Waals surface area contributed by atoms with E-state index in [1.165, 1.54) is 0 Å². The lowest BCUT2D eigenvalue weighted by atomic mass is 9.75. The van der Waals surface area contributed by atoms with Gasteiger partial charge in [-0.3, -0.25) is 9.59 Å². The van der Waals surface area contributed by atoms with Gasteiger partial charge >= 0.3 is 5.97 Å². The molecule has 2 atom stereocenters. The molecular formula is C17H20ClNO4. The molecule has 1 N–H and O–H groups in total. The number of ether oxygens (including phenoxy) is 2. The Labute approximate surface area is 140 Å². The van der Waals surface area contributed by atoms with Crippen molar-refractivity contribution in [2.45, 2.75) is 44.3 Å². The number of hydrogen-bond acceptors (Lipinski definition) is 4. The van der Waals surface area contributed by atoms with E-state index in [9.17, 15) is 9.59 Å². The molecule has 2 aliphatic rings. The summed E-state index contributed by atoms with van der Waals surface area (Å²) in [6.07, 6.45) is 1.13. The molecule has 0 aliphatic carbocycles. The van der Waals surface area contributed by atoms with Crippen LogP contribution in [0.3, 0.4) is 0 Å². The first-order valence-electron chi connectivity index (χ1n) is 7.73. The van der Waals surface area contributed by atoms with E-state index in [1.54, 1.807) is 24.3 Å². The maximum Gasteiger partial charge on any atom is 0.307 e. The third-order valence-electron chi connectivity index (χ3n) is 4.51. The summed E-state index contributed by atoms with van der Waals surface area (Å²) in [5.41, 5.74) is -0.671. The predicted octanol–water partition coefficient (Wildman–Crippen LogP) is 3.17. The van der Waals surface area contributed by atoms with Crippen molar-refractivity contribution in [3.8, 4) is 0 Å². The van der Waals surface area contributed by atoms with Crippen molar-refractivity contribution in [1.82, 2.24) is 0 Å². The Bertz CT molecular complexity index is 645. The van der Waals surface area contributed by atoms with E-state index in [0.717, 1.165) is 0 Å². The van der Waals surface area contributed by atoms with Crippen LogP contribution in [-0.4, -0.2) is 29.7 Å². The Kier molecular flexibility index (Phi) is 4.10. The number of halogens is 1. The van der Waals surface area contributed by atoms with Crippen molar-refractivity contribution < 1.29 is 19.1 Å². The summed E-state index contributed by atoms with van der Waals surface area (Å²) in [5.74, 6) is -1.10. The molecule has 0 saturated carbocycles. The first-order chi connectivity index (χ1) is 10.8. The summed E-state index contributed by atoms with van der Waals surface area (Å²) in [5, 5.41) is 3.29. The van der Waals surface area contributed by atoms with E-state index in [2.05, 4.69) is 5.32 Å². The fraction of sp³-hybridized carbons (Fsp3) is 0.529. The summed E-state index contributed by atoms with van der Waals surface area (Å²) < 4.78 is 11.3. The Hall–Kier alpha value is -1.59. The Balaban J connectivity index is 1.83. The quantitative estimate of drug-likeness (QED) is 0.842. The topological polar surface area (TPSA) is 64.6 Å². The van der Waals surface area contributed by atoms with Gasteiger partial charge in [0.2, 0.25) is 5.91 Å². The van der Waals surface area contributed by atoms with Crippen LogP contribution in [0.5, 0.6) is 0 Å². The van der Waals surface area contributed by atoms with Crippen LogP contribution >= 0.6 is 11.6 Å². The van der Waals surface area contributed by atoms with Crippen molar-refractivity contribution in [3.05, 3.63) is 29.3 Å². The fourth-order valence-corrected chi connectivity index (χ4v) is 3.73. The molecule has 2 fully saturated rings. The molecular weight excluding hydrogens is 318 g/mol. The third-order valence-corrected chi connectivity index (χ3v) is 4.84. The van der Waals surface area contributed by atoms with E-state index in [1.807, 2.05) is 13.8 Å². The van der Waals surface area contributed by atoms with Crippen LogP contribution in [-0.2, 0) is 19.1 Å². The number of carbonyl (C=O) groups excluding carboxylic acids is 2. The smallest absolute Gasteiger partial charge is 0.307 e. The number of rotatable bonds is 2. The fourth-order valence-electron chi connectivity index (χ4n) is 3.55. The van der Waals surface area contributed by atoms with E-state index < -0.39 is 17.1 Å².